The van der Waals surface area contributed by atoms with E-state index in [1.165, 1.54) is 6.07 Å². The highest BCUT2D eigenvalue weighted by molar-refractivity contribution is 5.78. The van der Waals surface area contributed by atoms with Crippen LogP contribution in [0.3, 0.4) is 0 Å². The van der Waals surface area contributed by atoms with Gasteiger partial charge in [0.2, 0.25) is 0 Å². The Morgan fingerprint density at radius 3 is 2.69 bits per heavy atom. The van der Waals surface area contributed by atoms with Crippen molar-refractivity contribution in [1.82, 2.24) is 9.91 Å². The number of nitrogens with zero attached hydrogens (tertiary/aromatic N) is 3. The summed E-state index contributed by atoms with van der Waals surface area (Å²) in [6, 6.07) is 16.0. The SMILES string of the molecule is O=C(N1CC[C@@H](Oc2ccccc2F)C1)N1N=CCC1c1ccccc1. The standard InChI is InChI=1S/C20H20FN3O2/c21-17-8-4-5-9-19(17)26-16-11-13-23(14-16)20(25)24-18(10-12-22-24)15-6-2-1-3-7-15/h1-9,12,16,18H,10-11,13-14H2/t16-,18?/m1/s1. The van der Waals surface area contributed by atoms with Crippen molar-refractivity contribution in [2.24, 2.45) is 5.10 Å². The van der Waals surface area contributed by atoms with Crippen LogP contribution in [-0.2, 0) is 0 Å². The van der Waals surface area contributed by atoms with E-state index in [2.05, 4.69) is 5.10 Å². The lowest BCUT2D eigenvalue weighted by Crippen LogP contribution is -2.40. The summed E-state index contributed by atoms with van der Waals surface area (Å²) in [7, 11) is 0. The third kappa shape index (κ3) is 3.27. The molecule has 2 aromatic carbocycles. The van der Waals surface area contributed by atoms with Crippen LogP contribution in [0, 0.1) is 5.82 Å². The highest BCUT2D eigenvalue weighted by Gasteiger charge is 2.35. The molecule has 5 nitrogen and oxygen atoms in total. The lowest BCUT2D eigenvalue weighted by molar-refractivity contribution is 0.142. The van der Waals surface area contributed by atoms with Crippen molar-refractivity contribution in [2.45, 2.75) is 25.0 Å². The molecule has 0 bridgehead atoms. The first-order chi connectivity index (χ1) is 12.7. The van der Waals surface area contributed by atoms with Gasteiger partial charge in [0.05, 0.1) is 12.6 Å². The zero-order chi connectivity index (χ0) is 17.9. The molecule has 6 heteroatoms. The number of para-hydroxylation sites is 1. The first-order valence-electron chi connectivity index (χ1n) is 8.79. The van der Waals surface area contributed by atoms with Crippen LogP contribution in [0.5, 0.6) is 5.75 Å². The van der Waals surface area contributed by atoms with Gasteiger partial charge in [0, 0.05) is 25.6 Å². The Bertz CT molecular complexity index is 812. The molecule has 1 fully saturated rings. The van der Waals surface area contributed by atoms with Crippen molar-refractivity contribution in [2.75, 3.05) is 13.1 Å². The van der Waals surface area contributed by atoms with E-state index in [4.69, 9.17) is 4.74 Å². The number of rotatable bonds is 3. The van der Waals surface area contributed by atoms with E-state index in [1.807, 2.05) is 30.3 Å². The molecule has 2 aromatic rings. The van der Waals surface area contributed by atoms with Crippen molar-refractivity contribution in [3.05, 3.63) is 66.0 Å². The molecule has 0 spiro atoms. The summed E-state index contributed by atoms with van der Waals surface area (Å²) in [5.41, 5.74) is 1.07. The van der Waals surface area contributed by atoms with E-state index in [-0.39, 0.29) is 29.7 Å². The summed E-state index contributed by atoms with van der Waals surface area (Å²) in [6.45, 7) is 1.01. The van der Waals surface area contributed by atoms with Gasteiger partial charge in [-0.25, -0.2) is 14.2 Å². The van der Waals surface area contributed by atoms with Gasteiger partial charge in [0.25, 0.3) is 0 Å². The molecule has 1 unspecified atom stereocenters. The molecule has 0 aliphatic carbocycles. The van der Waals surface area contributed by atoms with Crippen molar-refractivity contribution >= 4 is 12.2 Å². The molecule has 0 saturated carbocycles. The van der Waals surface area contributed by atoms with Crippen LogP contribution in [0.1, 0.15) is 24.4 Å². The Morgan fingerprint density at radius 2 is 1.88 bits per heavy atom. The number of ether oxygens (including phenoxy) is 1. The van der Waals surface area contributed by atoms with E-state index in [0.717, 1.165) is 5.56 Å². The van der Waals surface area contributed by atoms with E-state index in [9.17, 15) is 9.18 Å². The minimum Gasteiger partial charge on any atom is -0.485 e. The molecule has 0 radical (unpaired) electrons. The highest BCUT2D eigenvalue weighted by atomic mass is 19.1. The average molecular weight is 353 g/mol. The van der Waals surface area contributed by atoms with Gasteiger partial charge in [-0.15, -0.1) is 0 Å². The van der Waals surface area contributed by atoms with Crippen LogP contribution in [0.4, 0.5) is 9.18 Å². The van der Waals surface area contributed by atoms with Gasteiger partial charge in [-0.2, -0.15) is 5.10 Å². The monoisotopic (exact) mass is 353 g/mol. The summed E-state index contributed by atoms with van der Waals surface area (Å²) in [6.07, 6.45) is 2.95. The number of amides is 2. The maximum absolute atomic E-state index is 13.8. The van der Waals surface area contributed by atoms with Crippen molar-refractivity contribution in [1.29, 1.82) is 0 Å². The van der Waals surface area contributed by atoms with E-state index in [1.54, 1.807) is 34.3 Å². The van der Waals surface area contributed by atoms with Crippen molar-refractivity contribution in [3.8, 4) is 5.75 Å². The van der Waals surface area contributed by atoms with Gasteiger partial charge in [-0.1, -0.05) is 42.5 Å². The van der Waals surface area contributed by atoms with Crippen LogP contribution < -0.4 is 4.74 Å². The predicted octanol–water partition coefficient (Wildman–Crippen LogP) is 3.83. The van der Waals surface area contributed by atoms with E-state index >= 15 is 0 Å². The summed E-state index contributed by atoms with van der Waals surface area (Å²) in [4.78, 5) is 14.6. The molecule has 2 aliphatic rings. The molecule has 134 valence electrons. The number of hydrazone groups is 1. The van der Waals surface area contributed by atoms with Crippen LogP contribution in [0.25, 0.3) is 0 Å². The molecule has 2 atom stereocenters. The van der Waals surface area contributed by atoms with Gasteiger partial charge in [0.1, 0.15) is 6.10 Å². The zero-order valence-electron chi connectivity index (χ0n) is 14.3. The quantitative estimate of drug-likeness (QED) is 0.842. The van der Waals surface area contributed by atoms with Gasteiger partial charge in [-0.3, -0.25) is 0 Å². The fraction of sp³-hybridized carbons (Fsp3) is 0.300. The number of hydrogen-bond acceptors (Lipinski definition) is 3. The van der Waals surface area contributed by atoms with Gasteiger partial charge >= 0.3 is 6.03 Å². The average Bonchev–Trinajstić information content (AvgIpc) is 3.33. The predicted molar refractivity (Wildman–Crippen MR) is 96.5 cm³/mol. The number of carbonyl (C=O) groups is 1. The minimum absolute atomic E-state index is 0.0739. The van der Waals surface area contributed by atoms with Crippen molar-refractivity contribution < 1.29 is 13.9 Å². The normalized spacial score (nSPS) is 22.0. The number of carbonyl (C=O) groups excluding carboxylic acids is 1. The van der Waals surface area contributed by atoms with Crippen LogP contribution >= 0.6 is 0 Å². The third-order valence-corrected chi connectivity index (χ3v) is 4.76. The highest BCUT2D eigenvalue weighted by Crippen LogP contribution is 2.30. The minimum atomic E-state index is -0.384. The Labute approximate surface area is 151 Å². The lowest BCUT2D eigenvalue weighted by Gasteiger charge is -2.27. The summed E-state index contributed by atoms with van der Waals surface area (Å²) >= 11 is 0. The molecule has 4 rings (SSSR count). The molecule has 26 heavy (non-hydrogen) atoms. The molecule has 2 amide bonds. The Kier molecular flexibility index (Phi) is 4.56. The van der Waals surface area contributed by atoms with Crippen molar-refractivity contribution in [3.63, 3.8) is 0 Å². The summed E-state index contributed by atoms with van der Waals surface area (Å²) in [5.74, 6) is -0.154. The topological polar surface area (TPSA) is 45.1 Å². The fourth-order valence-corrected chi connectivity index (χ4v) is 3.41. The lowest BCUT2D eigenvalue weighted by atomic mass is 10.1. The second-order valence-electron chi connectivity index (χ2n) is 6.49. The van der Waals surface area contributed by atoms with Gasteiger partial charge in [-0.05, 0) is 17.7 Å². The Hall–Kier alpha value is -2.89. The van der Waals surface area contributed by atoms with E-state index < -0.39 is 0 Å². The summed E-state index contributed by atoms with van der Waals surface area (Å²) < 4.78 is 19.5. The molecule has 2 aliphatic heterocycles. The molecule has 0 N–H and O–H groups in total. The maximum atomic E-state index is 13.8. The molecular weight excluding hydrogens is 333 g/mol. The first kappa shape index (κ1) is 16.6. The smallest absolute Gasteiger partial charge is 0.341 e. The summed E-state index contributed by atoms with van der Waals surface area (Å²) in [5, 5.41) is 5.82. The number of halogens is 1. The van der Waals surface area contributed by atoms with Crippen LogP contribution in [0.15, 0.2) is 59.7 Å². The van der Waals surface area contributed by atoms with Crippen LogP contribution in [0.2, 0.25) is 0 Å². The number of likely N-dealkylation sites (tertiary alicyclic amines) is 1. The molecule has 2 heterocycles. The van der Waals surface area contributed by atoms with Crippen LogP contribution in [-0.4, -0.2) is 41.3 Å². The largest absolute Gasteiger partial charge is 0.485 e. The first-order valence-corrected chi connectivity index (χ1v) is 8.79. The van der Waals surface area contributed by atoms with Gasteiger partial charge in [0.15, 0.2) is 11.6 Å². The maximum Gasteiger partial charge on any atom is 0.341 e. The second kappa shape index (κ2) is 7.15. The number of benzene rings is 2. The third-order valence-electron chi connectivity index (χ3n) is 4.76. The zero-order valence-corrected chi connectivity index (χ0v) is 14.3. The molecular formula is C20H20FN3O2. The number of hydrogen-bond donors (Lipinski definition) is 0. The Balaban J connectivity index is 1.41. The number of urea groups is 1. The Morgan fingerprint density at radius 1 is 1.12 bits per heavy atom. The molecule has 1 saturated heterocycles. The van der Waals surface area contributed by atoms with E-state index in [0.29, 0.717) is 25.9 Å². The molecule has 0 aromatic heterocycles. The fourth-order valence-electron chi connectivity index (χ4n) is 3.41. The second-order valence-corrected chi connectivity index (χ2v) is 6.49. The van der Waals surface area contributed by atoms with Gasteiger partial charge < -0.3 is 9.64 Å².